The van der Waals surface area contributed by atoms with Crippen molar-refractivity contribution in [3.63, 3.8) is 0 Å². The van der Waals surface area contributed by atoms with Crippen molar-refractivity contribution >= 4 is 15.9 Å². The summed E-state index contributed by atoms with van der Waals surface area (Å²) in [5, 5.41) is -0.538. The average Bonchev–Trinajstić information content (AvgIpc) is 3.65. The lowest BCUT2D eigenvalue weighted by atomic mass is 9.76. The molecule has 36 heavy (non-hydrogen) atoms. The van der Waals surface area contributed by atoms with Crippen LogP contribution in [0.5, 0.6) is 5.75 Å². The summed E-state index contributed by atoms with van der Waals surface area (Å²) in [6, 6.07) is 14.6. The molecule has 3 aliphatic rings. The van der Waals surface area contributed by atoms with Gasteiger partial charge in [-0.25, -0.2) is 17.5 Å². The molecule has 1 aliphatic heterocycles. The number of halogens is 1. The first-order chi connectivity index (χ1) is 17.3. The molecule has 0 aromatic heterocycles. The van der Waals surface area contributed by atoms with E-state index in [9.17, 15) is 17.6 Å². The van der Waals surface area contributed by atoms with E-state index in [1.807, 2.05) is 4.72 Å². The lowest BCUT2D eigenvalue weighted by Crippen LogP contribution is -2.38. The molecule has 1 atom stereocenters. The minimum atomic E-state index is -3.71. The molecule has 1 heterocycles. The second-order valence-electron chi connectivity index (χ2n) is 10.8. The topological polar surface area (TPSA) is 75.7 Å². The Bertz CT molecular complexity index is 1180. The number of sulfonamides is 1. The van der Waals surface area contributed by atoms with Gasteiger partial charge in [0.2, 0.25) is 10.0 Å². The predicted molar refractivity (Wildman–Crippen MR) is 137 cm³/mol. The molecule has 1 unspecified atom stereocenters. The number of carbonyl (C=O) groups excluding carboxylic acids is 1. The number of hydrogen-bond donors (Lipinski definition) is 1. The molecule has 2 aromatic carbocycles. The molecular formula is C28H35FN2O4S. The largest absolute Gasteiger partial charge is 0.493 e. The number of piperidine rings is 1. The van der Waals surface area contributed by atoms with Crippen LogP contribution in [0.3, 0.4) is 0 Å². The zero-order chi connectivity index (χ0) is 25.2. The van der Waals surface area contributed by atoms with Crippen LogP contribution in [0.25, 0.3) is 0 Å². The molecule has 8 heteroatoms. The maximum atomic E-state index is 14.5. The number of hydrogen-bond acceptors (Lipinski definition) is 5. The third-order valence-corrected chi connectivity index (χ3v) is 9.97. The second kappa shape index (κ2) is 10.5. The van der Waals surface area contributed by atoms with Crippen LogP contribution in [0.2, 0.25) is 0 Å². The first-order valence-corrected chi connectivity index (χ1v) is 14.6. The number of nitrogens with one attached hydrogen (secondary N) is 1. The summed E-state index contributed by atoms with van der Waals surface area (Å²) in [7, 11) is -3.71. The van der Waals surface area contributed by atoms with Crippen molar-refractivity contribution in [1.29, 1.82) is 0 Å². The SMILES string of the molecule is O=C(NS(=O)(=O)C1CC1)c1ccc(OCCC2CCC3(CCN(Cc4ccccc4)CC3)C2)cc1F. The fraction of sp³-hybridized carbons (Fsp3) is 0.536. The molecule has 194 valence electrons. The van der Waals surface area contributed by atoms with Crippen LogP contribution in [-0.4, -0.2) is 44.2 Å². The lowest BCUT2D eigenvalue weighted by molar-refractivity contribution is 0.0977. The van der Waals surface area contributed by atoms with Gasteiger partial charge in [0, 0.05) is 12.6 Å². The maximum Gasteiger partial charge on any atom is 0.267 e. The molecule has 1 spiro atoms. The van der Waals surface area contributed by atoms with Gasteiger partial charge in [-0.1, -0.05) is 30.3 Å². The summed E-state index contributed by atoms with van der Waals surface area (Å²) >= 11 is 0. The van der Waals surface area contributed by atoms with E-state index in [-0.39, 0.29) is 5.56 Å². The van der Waals surface area contributed by atoms with Gasteiger partial charge in [0.1, 0.15) is 11.6 Å². The molecule has 3 fully saturated rings. The van der Waals surface area contributed by atoms with E-state index in [0.29, 0.717) is 36.5 Å². The van der Waals surface area contributed by atoms with Crippen LogP contribution < -0.4 is 9.46 Å². The average molecular weight is 515 g/mol. The van der Waals surface area contributed by atoms with Crippen molar-refractivity contribution in [3.05, 3.63) is 65.5 Å². The van der Waals surface area contributed by atoms with Crippen molar-refractivity contribution in [2.24, 2.45) is 11.3 Å². The highest BCUT2D eigenvalue weighted by Crippen LogP contribution is 2.50. The Morgan fingerprint density at radius 1 is 1.06 bits per heavy atom. The fourth-order valence-corrected chi connectivity index (χ4v) is 7.11. The summed E-state index contributed by atoms with van der Waals surface area (Å²) in [6.07, 6.45) is 8.23. The van der Waals surface area contributed by atoms with Crippen LogP contribution >= 0.6 is 0 Å². The van der Waals surface area contributed by atoms with Crippen LogP contribution in [0.1, 0.15) is 67.3 Å². The van der Waals surface area contributed by atoms with Gasteiger partial charge in [-0.05, 0) is 93.5 Å². The van der Waals surface area contributed by atoms with Crippen LogP contribution in [0.4, 0.5) is 4.39 Å². The number of rotatable bonds is 9. The summed E-state index contributed by atoms with van der Waals surface area (Å²) in [4.78, 5) is 14.8. The predicted octanol–water partition coefficient (Wildman–Crippen LogP) is 4.90. The quantitative estimate of drug-likeness (QED) is 0.515. The minimum absolute atomic E-state index is 0.289. The molecule has 0 radical (unpaired) electrons. The molecule has 1 N–H and O–H groups in total. The Kier molecular flexibility index (Phi) is 7.35. The highest BCUT2D eigenvalue weighted by Gasteiger charge is 2.41. The van der Waals surface area contributed by atoms with Crippen LogP contribution in [0.15, 0.2) is 48.5 Å². The van der Waals surface area contributed by atoms with E-state index in [1.54, 1.807) is 0 Å². The monoisotopic (exact) mass is 514 g/mol. The van der Waals surface area contributed by atoms with Gasteiger partial charge in [0.05, 0.1) is 17.4 Å². The Morgan fingerprint density at radius 2 is 1.81 bits per heavy atom. The zero-order valence-electron chi connectivity index (χ0n) is 20.6. The standard InChI is InChI=1S/C28H35FN2O4S/c29-26-18-23(6-9-25(26)27(32)30-36(33,34)24-7-8-24)35-17-11-21-10-12-28(19-21)13-15-31(16-14-28)20-22-4-2-1-3-5-22/h1-6,9,18,21,24H,7-8,10-17,19-20H2,(H,30,32). The number of carbonyl (C=O) groups is 1. The smallest absolute Gasteiger partial charge is 0.267 e. The first-order valence-electron chi connectivity index (χ1n) is 13.1. The van der Waals surface area contributed by atoms with Crippen LogP contribution in [0, 0.1) is 17.2 Å². The maximum absolute atomic E-state index is 14.5. The molecule has 6 nitrogen and oxygen atoms in total. The number of ether oxygens (including phenoxy) is 1. The molecule has 1 amide bonds. The Balaban J connectivity index is 1.05. The van der Waals surface area contributed by atoms with Crippen LogP contribution in [-0.2, 0) is 16.6 Å². The first kappa shape index (κ1) is 25.2. The number of amides is 1. The summed E-state index contributed by atoms with van der Waals surface area (Å²) < 4.78 is 46.1. The third-order valence-electron chi connectivity index (χ3n) is 8.15. The third kappa shape index (κ3) is 6.09. The van der Waals surface area contributed by atoms with Gasteiger partial charge >= 0.3 is 0 Å². The van der Waals surface area contributed by atoms with Crippen molar-refractivity contribution in [3.8, 4) is 5.75 Å². The summed E-state index contributed by atoms with van der Waals surface area (Å²) in [5.41, 5.74) is 1.55. The molecule has 2 aliphatic carbocycles. The van der Waals surface area contributed by atoms with E-state index >= 15 is 0 Å². The van der Waals surface area contributed by atoms with Crippen molar-refractivity contribution in [1.82, 2.24) is 9.62 Å². The Morgan fingerprint density at radius 3 is 2.50 bits per heavy atom. The summed E-state index contributed by atoms with van der Waals surface area (Å²) in [6.45, 7) is 3.84. The molecular weight excluding hydrogens is 479 g/mol. The van der Waals surface area contributed by atoms with Gasteiger partial charge < -0.3 is 4.74 Å². The van der Waals surface area contributed by atoms with Gasteiger partial charge in [0.15, 0.2) is 0 Å². The molecule has 0 bridgehead atoms. The molecule has 2 aromatic rings. The number of benzene rings is 2. The van der Waals surface area contributed by atoms with Crippen molar-refractivity contribution in [2.45, 2.75) is 63.2 Å². The van der Waals surface area contributed by atoms with Gasteiger partial charge in [-0.15, -0.1) is 0 Å². The number of likely N-dealkylation sites (tertiary alicyclic amines) is 1. The zero-order valence-corrected chi connectivity index (χ0v) is 21.4. The highest BCUT2D eigenvalue weighted by molar-refractivity contribution is 7.91. The summed E-state index contributed by atoms with van der Waals surface area (Å²) in [5.74, 6) is -0.737. The Labute approximate surface area is 213 Å². The lowest BCUT2D eigenvalue weighted by Gasteiger charge is -2.39. The van der Waals surface area contributed by atoms with Crippen molar-refractivity contribution in [2.75, 3.05) is 19.7 Å². The normalized spacial score (nSPS) is 22.0. The Hall–Kier alpha value is -2.45. The van der Waals surface area contributed by atoms with Gasteiger partial charge in [0.25, 0.3) is 5.91 Å². The van der Waals surface area contributed by atoms with Crippen molar-refractivity contribution < 1.29 is 22.3 Å². The highest BCUT2D eigenvalue weighted by atomic mass is 32.2. The molecule has 1 saturated heterocycles. The van der Waals surface area contributed by atoms with E-state index < -0.39 is 27.0 Å². The molecule has 2 saturated carbocycles. The van der Waals surface area contributed by atoms with E-state index in [1.165, 1.54) is 49.8 Å². The molecule has 5 rings (SSSR count). The van der Waals surface area contributed by atoms with E-state index in [4.69, 9.17) is 4.74 Å². The number of nitrogens with zero attached hydrogens (tertiary/aromatic N) is 1. The van der Waals surface area contributed by atoms with E-state index in [0.717, 1.165) is 32.1 Å². The fourth-order valence-electron chi connectivity index (χ4n) is 5.81. The van der Waals surface area contributed by atoms with Gasteiger partial charge in [-0.3, -0.25) is 9.69 Å². The minimum Gasteiger partial charge on any atom is -0.493 e. The second-order valence-corrected chi connectivity index (χ2v) is 12.8. The van der Waals surface area contributed by atoms with Gasteiger partial charge in [-0.2, -0.15) is 0 Å². The van der Waals surface area contributed by atoms with E-state index in [2.05, 4.69) is 35.2 Å².